The molecule has 0 radical (unpaired) electrons. The number of hydrogen-bond acceptors (Lipinski definition) is 2. The van der Waals surface area contributed by atoms with E-state index in [1.54, 1.807) is 37.4 Å². The molecule has 0 spiro atoms. The van der Waals surface area contributed by atoms with Gasteiger partial charge >= 0.3 is 0 Å². The van der Waals surface area contributed by atoms with Crippen molar-refractivity contribution >= 4 is 23.2 Å². The summed E-state index contributed by atoms with van der Waals surface area (Å²) in [6.45, 7) is 1.42. The highest BCUT2D eigenvalue weighted by molar-refractivity contribution is 6.05. The van der Waals surface area contributed by atoms with E-state index in [1.807, 2.05) is 0 Å². The van der Waals surface area contributed by atoms with Crippen LogP contribution < -0.4 is 10.2 Å². The summed E-state index contributed by atoms with van der Waals surface area (Å²) < 4.78 is 13.2. The van der Waals surface area contributed by atoms with Crippen LogP contribution in [0.4, 0.5) is 15.8 Å². The van der Waals surface area contributed by atoms with E-state index in [0.29, 0.717) is 11.4 Å². The van der Waals surface area contributed by atoms with E-state index in [4.69, 9.17) is 0 Å². The SMILES string of the molecule is CC(=O)Nc1ccc(N(C)C(=O)c2cccc(F)c2)cc1. The van der Waals surface area contributed by atoms with Crippen molar-refractivity contribution in [3.63, 3.8) is 0 Å². The lowest BCUT2D eigenvalue weighted by Crippen LogP contribution is -2.26. The van der Waals surface area contributed by atoms with Crippen LogP contribution in [-0.2, 0) is 4.79 Å². The molecule has 0 aliphatic heterocycles. The molecule has 0 atom stereocenters. The second-order valence-corrected chi connectivity index (χ2v) is 4.60. The maximum absolute atomic E-state index is 13.2. The third-order valence-corrected chi connectivity index (χ3v) is 2.95. The van der Waals surface area contributed by atoms with Gasteiger partial charge in [0.05, 0.1) is 0 Å². The molecule has 0 saturated heterocycles. The van der Waals surface area contributed by atoms with E-state index < -0.39 is 5.82 Å². The van der Waals surface area contributed by atoms with Gasteiger partial charge in [0.15, 0.2) is 0 Å². The predicted molar refractivity (Wildman–Crippen MR) is 79.9 cm³/mol. The van der Waals surface area contributed by atoms with Gasteiger partial charge in [-0.15, -0.1) is 0 Å². The van der Waals surface area contributed by atoms with Crippen LogP contribution in [-0.4, -0.2) is 18.9 Å². The van der Waals surface area contributed by atoms with Crippen molar-refractivity contribution in [3.05, 3.63) is 59.9 Å². The summed E-state index contributed by atoms with van der Waals surface area (Å²) in [4.78, 5) is 24.6. The Morgan fingerprint density at radius 2 is 1.76 bits per heavy atom. The molecule has 0 fully saturated rings. The van der Waals surface area contributed by atoms with Crippen LogP contribution in [0.5, 0.6) is 0 Å². The van der Waals surface area contributed by atoms with Gasteiger partial charge in [0.25, 0.3) is 5.91 Å². The minimum atomic E-state index is -0.449. The standard InChI is InChI=1S/C16H15FN2O2/c1-11(20)18-14-6-8-15(9-7-14)19(2)16(21)12-4-3-5-13(17)10-12/h3-10H,1-2H3,(H,18,20). The van der Waals surface area contributed by atoms with E-state index in [1.165, 1.54) is 30.0 Å². The Morgan fingerprint density at radius 1 is 1.10 bits per heavy atom. The second kappa shape index (κ2) is 6.17. The lowest BCUT2D eigenvalue weighted by atomic mass is 10.2. The van der Waals surface area contributed by atoms with Crippen molar-refractivity contribution in [3.8, 4) is 0 Å². The normalized spacial score (nSPS) is 10.0. The van der Waals surface area contributed by atoms with Gasteiger partial charge in [-0.1, -0.05) is 6.07 Å². The Bertz CT molecular complexity index is 668. The number of carbonyl (C=O) groups is 2. The number of nitrogens with one attached hydrogen (secondary N) is 1. The Hall–Kier alpha value is -2.69. The summed E-state index contributed by atoms with van der Waals surface area (Å²) in [7, 11) is 1.61. The van der Waals surface area contributed by atoms with E-state index >= 15 is 0 Å². The summed E-state index contributed by atoms with van der Waals surface area (Å²) in [6.07, 6.45) is 0. The van der Waals surface area contributed by atoms with Crippen molar-refractivity contribution in [2.75, 3.05) is 17.3 Å². The maximum atomic E-state index is 13.2. The fourth-order valence-corrected chi connectivity index (χ4v) is 1.90. The number of rotatable bonds is 3. The first-order valence-corrected chi connectivity index (χ1v) is 6.38. The van der Waals surface area contributed by atoms with Gasteiger partial charge in [-0.2, -0.15) is 0 Å². The molecule has 108 valence electrons. The predicted octanol–water partition coefficient (Wildman–Crippen LogP) is 3.06. The number of benzene rings is 2. The molecule has 2 amide bonds. The molecule has 0 aliphatic rings. The zero-order valence-corrected chi connectivity index (χ0v) is 11.8. The Balaban J connectivity index is 2.17. The van der Waals surface area contributed by atoms with E-state index in [-0.39, 0.29) is 17.4 Å². The van der Waals surface area contributed by atoms with Gasteiger partial charge in [0.2, 0.25) is 5.91 Å². The monoisotopic (exact) mass is 286 g/mol. The molecule has 2 aromatic carbocycles. The molecule has 1 N–H and O–H groups in total. The summed E-state index contributed by atoms with van der Waals surface area (Å²) in [5.74, 6) is -0.913. The zero-order valence-electron chi connectivity index (χ0n) is 11.8. The smallest absolute Gasteiger partial charge is 0.258 e. The average molecular weight is 286 g/mol. The van der Waals surface area contributed by atoms with Crippen LogP contribution >= 0.6 is 0 Å². The van der Waals surface area contributed by atoms with Gasteiger partial charge < -0.3 is 10.2 Å². The van der Waals surface area contributed by atoms with Crippen LogP contribution in [0.25, 0.3) is 0 Å². The molecule has 5 heteroatoms. The summed E-state index contributed by atoms with van der Waals surface area (Å²) in [5.41, 5.74) is 1.58. The number of hydrogen-bond donors (Lipinski definition) is 1. The summed E-state index contributed by atoms with van der Waals surface area (Å²) >= 11 is 0. The highest BCUT2D eigenvalue weighted by atomic mass is 19.1. The number of carbonyl (C=O) groups excluding carboxylic acids is 2. The molecule has 0 aromatic heterocycles. The van der Waals surface area contributed by atoms with Gasteiger partial charge in [-0.05, 0) is 42.5 Å². The van der Waals surface area contributed by atoms with E-state index in [9.17, 15) is 14.0 Å². The van der Waals surface area contributed by atoms with E-state index in [0.717, 1.165) is 0 Å². The molecule has 2 aromatic rings. The number of nitrogens with zero attached hydrogens (tertiary/aromatic N) is 1. The zero-order chi connectivity index (χ0) is 15.4. The molecule has 0 saturated carbocycles. The van der Waals surface area contributed by atoms with Crippen molar-refractivity contribution in [2.45, 2.75) is 6.92 Å². The maximum Gasteiger partial charge on any atom is 0.258 e. The minimum Gasteiger partial charge on any atom is -0.326 e. The fraction of sp³-hybridized carbons (Fsp3) is 0.125. The Kier molecular flexibility index (Phi) is 4.33. The van der Waals surface area contributed by atoms with Crippen molar-refractivity contribution in [2.24, 2.45) is 0 Å². The molecule has 0 unspecified atom stereocenters. The van der Waals surface area contributed by atoms with Gasteiger partial charge in [0, 0.05) is 30.9 Å². The number of anilines is 2. The largest absolute Gasteiger partial charge is 0.326 e. The topological polar surface area (TPSA) is 49.4 Å². The van der Waals surface area contributed by atoms with E-state index in [2.05, 4.69) is 5.32 Å². The first kappa shape index (κ1) is 14.7. The Morgan fingerprint density at radius 3 is 2.33 bits per heavy atom. The third kappa shape index (κ3) is 3.66. The van der Waals surface area contributed by atoms with Gasteiger partial charge in [-0.3, -0.25) is 9.59 Å². The first-order valence-electron chi connectivity index (χ1n) is 6.38. The van der Waals surface area contributed by atoms with Crippen LogP contribution in [0.15, 0.2) is 48.5 Å². The Labute approximate surface area is 122 Å². The van der Waals surface area contributed by atoms with Gasteiger partial charge in [0.1, 0.15) is 5.82 Å². The molecule has 0 heterocycles. The van der Waals surface area contributed by atoms with Crippen LogP contribution in [0, 0.1) is 5.82 Å². The van der Waals surface area contributed by atoms with Crippen LogP contribution in [0.1, 0.15) is 17.3 Å². The van der Waals surface area contributed by atoms with Crippen molar-refractivity contribution < 1.29 is 14.0 Å². The van der Waals surface area contributed by atoms with Gasteiger partial charge in [-0.25, -0.2) is 4.39 Å². The molecule has 4 nitrogen and oxygen atoms in total. The number of halogens is 1. The van der Waals surface area contributed by atoms with Crippen molar-refractivity contribution in [1.29, 1.82) is 0 Å². The lowest BCUT2D eigenvalue weighted by molar-refractivity contribution is -0.114. The minimum absolute atomic E-state index is 0.160. The highest BCUT2D eigenvalue weighted by Crippen LogP contribution is 2.19. The van der Waals surface area contributed by atoms with Crippen molar-refractivity contribution in [1.82, 2.24) is 0 Å². The summed E-state index contributed by atoms with van der Waals surface area (Å²) in [6, 6.07) is 12.4. The molecule has 2 rings (SSSR count). The fourth-order valence-electron chi connectivity index (χ4n) is 1.90. The molecule has 21 heavy (non-hydrogen) atoms. The highest BCUT2D eigenvalue weighted by Gasteiger charge is 2.13. The quantitative estimate of drug-likeness (QED) is 0.942. The first-order chi connectivity index (χ1) is 9.97. The van der Waals surface area contributed by atoms with Crippen LogP contribution in [0.2, 0.25) is 0 Å². The summed E-state index contributed by atoms with van der Waals surface area (Å²) in [5, 5.41) is 2.65. The molecular weight excluding hydrogens is 271 g/mol. The third-order valence-electron chi connectivity index (χ3n) is 2.95. The molecule has 0 bridgehead atoms. The molecule has 0 aliphatic carbocycles. The molecular formula is C16H15FN2O2. The lowest BCUT2D eigenvalue weighted by Gasteiger charge is -2.18. The average Bonchev–Trinajstić information content (AvgIpc) is 2.46. The number of amides is 2. The second-order valence-electron chi connectivity index (χ2n) is 4.60. The van der Waals surface area contributed by atoms with Crippen LogP contribution in [0.3, 0.4) is 0 Å².